The van der Waals surface area contributed by atoms with Gasteiger partial charge in [-0.3, -0.25) is 4.79 Å². The SMILES string of the molecule is Cc1cccc(C(=O)NC(c2ccccc2)c2nccn2C)c1. The highest BCUT2D eigenvalue weighted by atomic mass is 16.1. The summed E-state index contributed by atoms with van der Waals surface area (Å²) in [7, 11) is 1.93. The fourth-order valence-electron chi connectivity index (χ4n) is 2.60. The van der Waals surface area contributed by atoms with E-state index in [-0.39, 0.29) is 11.9 Å². The number of hydrogen-bond donors (Lipinski definition) is 1. The van der Waals surface area contributed by atoms with Crippen LogP contribution in [-0.2, 0) is 7.05 Å². The van der Waals surface area contributed by atoms with Crippen LogP contribution in [-0.4, -0.2) is 15.5 Å². The number of nitrogens with zero attached hydrogens (tertiary/aromatic N) is 2. The van der Waals surface area contributed by atoms with Gasteiger partial charge in [-0.25, -0.2) is 4.98 Å². The summed E-state index contributed by atoms with van der Waals surface area (Å²) >= 11 is 0. The fraction of sp³-hybridized carbons (Fsp3) is 0.158. The lowest BCUT2D eigenvalue weighted by molar-refractivity contribution is 0.0941. The average molecular weight is 305 g/mol. The molecule has 0 aliphatic heterocycles. The molecule has 116 valence electrons. The predicted molar refractivity (Wildman–Crippen MR) is 90.1 cm³/mol. The first-order valence-electron chi connectivity index (χ1n) is 7.55. The molecular formula is C19H19N3O. The van der Waals surface area contributed by atoms with E-state index in [0.717, 1.165) is 17.0 Å². The molecule has 23 heavy (non-hydrogen) atoms. The second kappa shape index (κ2) is 6.48. The van der Waals surface area contributed by atoms with Crippen molar-refractivity contribution in [2.45, 2.75) is 13.0 Å². The highest BCUT2D eigenvalue weighted by Crippen LogP contribution is 2.21. The van der Waals surface area contributed by atoms with Gasteiger partial charge in [0, 0.05) is 25.0 Å². The summed E-state index contributed by atoms with van der Waals surface area (Å²) in [4.78, 5) is 17.0. The van der Waals surface area contributed by atoms with E-state index in [1.54, 1.807) is 6.20 Å². The van der Waals surface area contributed by atoms with E-state index >= 15 is 0 Å². The highest BCUT2D eigenvalue weighted by Gasteiger charge is 2.21. The lowest BCUT2D eigenvalue weighted by atomic mass is 10.0. The van der Waals surface area contributed by atoms with Gasteiger partial charge in [-0.05, 0) is 24.6 Å². The number of imidazole rings is 1. The summed E-state index contributed by atoms with van der Waals surface area (Å²) in [5, 5.41) is 3.10. The maximum Gasteiger partial charge on any atom is 0.252 e. The van der Waals surface area contributed by atoms with Gasteiger partial charge in [0.2, 0.25) is 0 Å². The number of aromatic nitrogens is 2. The molecule has 0 saturated carbocycles. The van der Waals surface area contributed by atoms with Crippen molar-refractivity contribution in [2.24, 2.45) is 7.05 Å². The number of carbonyl (C=O) groups is 1. The molecule has 1 heterocycles. The maximum atomic E-state index is 12.6. The molecule has 0 aliphatic carbocycles. The Morgan fingerprint density at radius 2 is 1.91 bits per heavy atom. The molecule has 1 amide bonds. The third-order valence-corrected chi connectivity index (χ3v) is 3.81. The monoisotopic (exact) mass is 305 g/mol. The average Bonchev–Trinajstić information content (AvgIpc) is 2.99. The van der Waals surface area contributed by atoms with Crippen LogP contribution in [0, 0.1) is 6.92 Å². The van der Waals surface area contributed by atoms with Crippen molar-refractivity contribution in [2.75, 3.05) is 0 Å². The smallest absolute Gasteiger partial charge is 0.252 e. The Kier molecular flexibility index (Phi) is 4.24. The van der Waals surface area contributed by atoms with Gasteiger partial charge in [0.25, 0.3) is 5.91 Å². The number of aryl methyl sites for hydroxylation is 2. The Morgan fingerprint density at radius 3 is 2.57 bits per heavy atom. The van der Waals surface area contributed by atoms with E-state index in [1.165, 1.54) is 0 Å². The van der Waals surface area contributed by atoms with E-state index in [2.05, 4.69) is 10.3 Å². The number of carbonyl (C=O) groups excluding carboxylic acids is 1. The Morgan fingerprint density at radius 1 is 1.13 bits per heavy atom. The molecule has 0 fully saturated rings. The van der Waals surface area contributed by atoms with Crippen LogP contribution in [0.3, 0.4) is 0 Å². The van der Waals surface area contributed by atoms with Gasteiger partial charge in [-0.2, -0.15) is 0 Å². The minimum Gasteiger partial charge on any atom is -0.338 e. The molecule has 3 aromatic rings. The fourth-order valence-corrected chi connectivity index (χ4v) is 2.60. The molecule has 1 unspecified atom stereocenters. The molecular weight excluding hydrogens is 286 g/mol. The lowest BCUT2D eigenvalue weighted by Gasteiger charge is -2.19. The number of rotatable bonds is 4. The Labute approximate surface area is 135 Å². The predicted octanol–water partition coefficient (Wildman–Crippen LogP) is 3.25. The largest absolute Gasteiger partial charge is 0.338 e. The molecule has 0 saturated heterocycles. The summed E-state index contributed by atoms with van der Waals surface area (Å²) in [6.45, 7) is 1.98. The minimum absolute atomic E-state index is 0.106. The van der Waals surface area contributed by atoms with Gasteiger partial charge < -0.3 is 9.88 Å². The molecule has 2 aromatic carbocycles. The zero-order chi connectivity index (χ0) is 16.2. The van der Waals surface area contributed by atoms with Crippen molar-refractivity contribution in [1.29, 1.82) is 0 Å². The molecule has 0 bridgehead atoms. The molecule has 0 aliphatic rings. The number of amides is 1. The molecule has 4 heteroatoms. The van der Waals surface area contributed by atoms with Crippen molar-refractivity contribution in [1.82, 2.24) is 14.9 Å². The first-order valence-corrected chi connectivity index (χ1v) is 7.55. The summed E-state index contributed by atoms with van der Waals surface area (Å²) in [5.41, 5.74) is 2.72. The highest BCUT2D eigenvalue weighted by molar-refractivity contribution is 5.94. The zero-order valence-electron chi connectivity index (χ0n) is 13.2. The van der Waals surface area contributed by atoms with Crippen LogP contribution in [0.4, 0.5) is 0 Å². The summed E-state index contributed by atoms with van der Waals surface area (Å²) < 4.78 is 1.92. The molecule has 1 atom stereocenters. The van der Waals surface area contributed by atoms with Crippen LogP contribution in [0.5, 0.6) is 0 Å². The Hall–Kier alpha value is -2.88. The van der Waals surface area contributed by atoms with Crippen LogP contribution in [0.25, 0.3) is 0 Å². The minimum atomic E-state index is -0.288. The zero-order valence-corrected chi connectivity index (χ0v) is 13.2. The van der Waals surface area contributed by atoms with Crippen LogP contribution in [0.15, 0.2) is 67.0 Å². The van der Waals surface area contributed by atoms with E-state index in [9.17, 15) is 4.79 Å². The summed E-state index contributed by atoms with van der Waals surface area (Å²) in [6, 6.07) is 17.2. The van der Waals surface area contributed by atoms with E-state index in [0.29, 0.717) is 5.56 Å². The van der Waals surface area contributed by atoms with Gasteiger partial charge in [-0.1, -0.05) is 48.0 Å². The third kappa shape index (κ3) is 3.31. The maximum absolute atomic E-state index is 12.6. The first kappa shape index (κ1) is 15.0. The molecule has 0 radical (unpaired) electrons. The third-order valence-electron chi connectivity index (χ3n) is 3.81. The Balaban J connectivity index is 1.94. The second-order valence-electron chi connectivity index (χ2n) is 5.58. The molecule has 0 spiro atoms. The van der Waals surface area contributed by atoms with Crippen molar-refractivity contribution in [3.63, 3.8) is 0 Å². The molecule has 3 rings (SSSR count). The van der Waals surface area contributed by atoms with Gasteiger partial charge in [0.05, 0.1) is 0 Å². The molecule has 4 nitrogen and oxygen atoms in total. The normalized spacial score (nSPS) is 11.9. The second-order valence-corrected chi connectivity index (χ2v) is 5.58. The van der Waals surface area contributed by atoms with Gasteiger partial charge in [0.1, 0.15) is 11.9 Å². The van der Waals surface area contributed by atoms with Crippen molar-refractivity contribution in [3.05, 3.63) is 89.5 Å². The van der Waals surface area contributed by atoms with Crippen LogP contribution < -0.4 is 5.32 Å². The summed E-state index contributed by atoms with van der Waals surface area (Å²) in [6.07, 6.45) is 3.62. The van der Waals surface area contributed by atoms with E-state index < -0.39 is 0 Å². The Bertz CT molecular complexity index is 808. The lowest BCUT2D eigenvalue weighted by Crippen LogP contribution is -2.31. The van der Waals surface area contributed by atoms with Crippen molar-refractivity contribution < 1.29 is 4.79 Å². The standard InChI is InChI=1S/C19H19N3O/c1-14-7-6-10-16(13-14)19(23)21-17(15-8-4-3-5-9-15)18-20-11-12-22(18)2/h3-13,17H,1-2H3,(H,21,23). The van der Waals surface area contributed by atoms with E-state index in [1.807, 2.05) is 79.3 Å². The number of benzene rings is 2. The van der Waals surface area contributed by atoms with Gasteiger partial charge in [0.15, 0.2) is 0 Å². The van der Waals surface area contributed by atoms with Crippen LogP contribution in [0.2, 0.25) is 0 Å². The van der Waals surface area contributed by atoms with E-state index in [4.69, 9.17) is 0 Å². The summed E-state index contributed by atoms with van der Waals surface area (Å²) in [5.74, 6) is 0.697. The molecule has 1 aromatic heterocycles. The molecule has 1 N–H and O–H groups in total. The van der Waals surface area contributed by atoms with Crippen LogP contribution in [0.1, 0.15) is 33.4 Å². The first-order chi connectivity index (χ1) is 11.1. The van der Waals surface area contributed by atoms with Crippen molar-refractivity contribution in [3.8, 4) is 0 Å². The van der Waals surface area contributed by atoms with Gasteiger partial charge in [-0.15, -0.1) is 0 Å². The number of hydrogen-bond acceptors (Lipinski definition) is 2. The number of nitrogens with one attached hydrogen (secondary N) is 1. The van der Waals surface area contributed by atoms with Crippen LogP contribution >= 0.6 is 0 Å². The topological polar surface area (TPSA) is 46.9 Å². The quantitative estimate of drug-likeness (QED) is 0.804. The van der Waals surface area contributed by atoms with Gasteiger partial charge >= 0.3 is 0 Å². The van der Waals surface area contributed by atoms with Crippen molar-refractivity contribution >= 4 is 5.91 Å².